The minimum atomic E-state index is -3.89. The van der Waals surface area contributed by atoms with Crippen molar-refractivity contribution in [3.8, 4) is 5.75 Å². The number of amides is 1. The highest BCUT2D eigenvalue weighted by atomic mass is 32.2. The number of nitrogens with one attached hydrogen (secondary N) is 1. The predicted molar refractivity (Wildman–Crippen MR) is 71.0 cm³/mol. The summed E-state index contributed by atoms with van der Waals surface area (Å²) in [6.45, 7) is 0. The molecule has 1 aromatic heterocycles. The number of hydrogen-bond acceptors (Lipinski definition) is 5. The fourth-order valence-electron chi connectivity index (χ4n) is 1.58. The average Bonchev–Trinajstić information content (AvgIpc) is 2.91. The van der Waals surface area contributed by atoms with Crippen LogP contribution in [0.4, 0.5) is 5.69 Å². The zero-order chi connectivity index (χ0) is 14.8. The highest BCUT2D eigenvalue weighted by Gasteiger charge is 2.16. The van der Waals surface area contributed by atoms with E-state index in [1.54, 1.807) is 6.07 Å². The van der Waals surface area contributed by atoms with Gasteiger partial charge in [0.25, 0.3) is 5.91 Å². The standard InChI is InChI=1S/C12H12N2O5S/c1-18-10-7-8(4-5-11(10)20(13,16)17)14-12(15)9-3-2-6-19-9/h2-7H,1H3,(H,14,15)(H2,13,16,17). The van der Waals surface area contributed by atoms with Crippen LogP contribution in [-0.4, -0.2) is 21.4 Å². The Balaban J connectivity index is 2.29. The maximum atomic E-state index is 11.8. The van der Waals surface area contributed by atoms with E-state index in [1.165, 1.54) is 37.6 Å². The number of carbonyl (C=O) groups is 1. The van der Waals surface area contributed by atoms with Crippen molar-refractivity contribution < 1.29 is 22.4 Å². The van der Waals surface area contributed by atoms with Crippen LogP contribution in [0, 0.1) is 0 Å². The molecule has 0 saturated carbocycles. The smallest absolute Gasteiger partial charge is 0.291 e. The van der Waals surface area contributed by atoms with E-state index in [2.05, 4.69) is 5.32 Å². The molecule has 1 heterocycles. The van der Waals surface area contributed by atoms with Gasteiger partial charge in [0, 0.05) is 11.8 Å². The Labute approximate surface area is 115 Å². The monoisotopic (exact) mass is 296 g/mol. The number of hydrogen-bond donors (Lipinski definition) is 2. The van der Waals surface area contributed by atoms with Crippen molar-refractivity contribution in [1.82, 2.24) is 0 Å². The van der Waals surface area contributed by atoms with Gasteiger partial charge in [-0.15, -0.1) is 0 Å². The summed E-state index contributed by atoms with van der Waals surface area (Å²) in [5, 5.41) is 7.60. The minimum absolute atomic E-state index is 0.0461. The summed E-state index contributed by atoms with van der Waals surface area (Å²) in [7, 11) is -2.58. The molecule has 0 unspecified atom stereocenters. The Bertz CT molecular complexity index is 722. The van der Waals surface area contributed by atoms with Crippen LogP contribution in [-0.2, 0) is 10.0 Å². The number of sulfonamides is 1. The second-order valence-corrected chi connectivity index (χ2v) is 5.37. The first-order valence-corrected chi connectivity index (χ1v) is 7.02. The van der Waals surface area contributed by atoms with Gasteiger partial charge in [0.2, 0.25) is 10.0 Å². The molecule has 0 bridgehead atoms. The normalized spacial score (nSPS) is 11.1. The van der Waals surface area contributed by atoms with Crippen LogP contribution in [0.25, 0.3) is 0 Å². The Kier molecular flexibility index (Phi) is 3.77. The van der Waals surface area contributed by atoms with Gasteiger partial charge in [0.1, 0.15) is 10.6 Å². The number of anilines is 1. The van der Waals surface area contributed by atoms with Gasteiger partial charge in [0.15, 0.2) is 5.76 Å². The third kappa shape index (κ3) is 2.98. The van der Waals surface area contributed by atoms with Crippen molar-refractivity contribution in [2.24, 2.45) is 5.14 Å². The third-order valence-electron chi connectivity index (χ3n) is 2.47. The lowest BCUT2D eigenvalue weighted by Crippen LogP contribution is -2.15. The molecule has 0 aliphatic heterocycles. The highest BCUT2D eigenvalue weighted by molar-refractivity contribution is 7.89. The number of methoxy groups -OCH3 is 1. The number of nitrogens with two attached hydrogens (primary N) is 1. The molecule has 0 aliphatic rings. The molecule has 0 aliphatic carbocycles. The molecule has 20 heavy (non-hydrogen) atoms. The lowest BCUT2D eigenvalue weighted by molar-refractivity contribution is 0.0996. The fraction of sp³-hybridized carbons (Fsp3) is 0.0833. The average molecular weight is 296 g/mol. The molecule has 8 heteroatoms. The molecule has 0 spiro atoms. The van der Waals surface area contributed by atoms with E-state index < -0.39 is 15.9 Å². The maximum absolute atomic E-state index is 11.8. The van der Waals surface area contributed by atoms with Gasteiger partial charge in [-0.1, -0.05) is 0 Å². The number of carbonyl (C=O) groups excluding carboxylic acids is 1. The van der Waals surface area contributed by atoms with E-state index in [-0.39, 0.29) is 16.4 Å². The number of rotatable bonds is 4. The molecule has 0 atom stereocenters. The van der Waals surface area contributed by atoms with Gasteiger partial charge in [-0.2, -0.15) is 0 Å². The molecule has 0 saturated heterocycles. The second kappa shape index (κ2) is 5.35. The van der Waals surface area contributed by atoms with Gasteiger partial charge >= 0.3 is 0 Å². The quantitative estimate of drug-likeness (QED) is 0.880. The van der Waals surface area contributed by atoms with Crippen molar-refractivity contribution >= 4 is 21.6 Å². The van der Waals surface area contributed by atoms with E-state index in [1.807, 2.05) is 0 Å². The van der Waals surface area contributed by atoms with Crippen molar-refractivity contribution in [3.63, 3.8) is 0 Å². The Morgan fingerprint density at radius 1 is 1.35 bits per heavy atom. The summed E-state index contributed by atoms with van der Waals surface area (Å²) in [6.07, 6.45) is 1.37. The molecule has 0 radical (unpaired) electrons. The molecule has 2 rings (SSSR count). The highest BCUT2D eigenvalue weighted by Crippen LogP contribution is 2.26. The molecule has 3 N–H and O–H groups in total. The topological polar surface area (TPSA) is 112 Å². The first-order valence-electron chi connectivity index (χ1n) is 5.47. The van der Waals surface area contributed by atoms with Crippen molar-refractivity contribution in [1.29, 1.82) is 0 Å². The summed E-state index contributed by atoms with van der Waals surface area (Å²) < 4.78 is 32.6. The Morgan fingerprint density at radius 3 is 2.65 bits per heavy atom. The lowest BCUT2D eigenvalue weighted by atomic mass is 10.3. The first-order chi connectivity index (χ1) is 9.41. The Morgan fingerprint density at radius 2 is 2.10 bits per heavy atom. The summed E-state index contributed by atoms with van der Waals surface area (Å²) in [5.74, 6) is -0.273. The molecule has 1 aromatic carbocycles. The van der Waals surface area contributed by atoms with Crippen LogP contribution in [0.1, 0.15) is 10.6 Å². The van der Waals surface area contributed by atoms with Gasteiger partial charge in [-0.05, 0) is 24.3 Å². The zero-order valence-electron chi connectivity index (χ0n) is 10.5. The van der Waals surface area contributed by atoms with Gasteiger partial charge in [0.05, 0.1) is 13.4 Å². The minimum Gasteiger partial charge on any atom is -0.495 e. The van der Waals surface area contributed by atoms with E-state index in [4.69, 9.17) is 14.3 Å². The van der Waals surface area contributed by atoms with E-state index in [0.29, 0.717) is 5.69 Å². The SMILES string of the molecule is COc1cc(NC(=O)c2ccco2)ccc1S(N)(=O)=O. The number of ether oxygens (including phenoxy) is 1. The van der Waals surface area contributed by atoms with Crippen molar-refractivity contribution in [2.45, 2.75) is 4.90 Å². The third-order valence-corrected chi connectivity index (χ3v) is 3.42. The lowest BCUT2D eigenvalue weighted by Gasteiger charge is -2.09. The second-order valence-electron chi connectivity index (χ2n) is 3.84. The first kappa shape index (κ1) is 14.1. The summed E-state index contributed by atoms with van der Waals surface area (Å²) in [4.78, 5) is 11.6. The van der Waals surface area contributed by atoms with E-state index >= 15 is 0 Å². The van der Waals surface area contributed by atoms with Crippen LogP contribution < -0.4 is 15.2 Å². The van der Waals surface area contributed by atoms with Crippen LogP contribution in [0.2, 0.25) is 0 Å². The van der Waals surface area contributed by atoms with Crippen molar-refractivity contribution in [2.75, 3.05) is 12.4 Å². The molecule has 7 nitrogen and oxygen atoms in total. The van der Waals surface area contributed by atoms with Gasteiger partial charge in [-0.3, -0.25) is 4.79 Å². The van der Waals surface area contributed by atoms with Gasteiger partial charge < -0.3 is 14.5 Å². The van der Waals surface area contributed by atoms with E-state index in [0.717, 1.165) is 0 Å². The largest absolute Gasteiger partial charge is 0.495 e. The molecule has 1 amide bonds. The number of benzene rings is 1. The molecular formula is C12H12N2O5S. The van der Waals surface area contributed by atoms with Crippen LogP contribution >= 0.6 is 0 Å². The van der Waals surface area contributed by atoms with Crippen LogP contribution in [0.5, 0.6) is 5.75 Å². The Hall–Kier alpha value is -2.32. The summed E-state index contributed by atoms with van der Waals surface area (Å²) in [5.41, 5.74) is 0.357. The molecule has 2 aromatic rings. The molecule has 0 fully saturated rings. The summed E-state index contributed by atoms with van der Waals surface area (Å²) in [6, 6.07) is 7.11. The fourth-order valence-corrected chi connectivity index (χ4v) is 2.26. The number of primary sulfonamides is 1. The van der Waals surface area contributed by atoms with Crippen LogP contribution in [0.3, 0.4) is 0 Å². The van der Waals surface area contributed by atoms with Gasteiger partial charge in [-0.25, -0.2) is 13.6 Å². The van der Waals surface area contributed by atoms with Crippen LogP contribution in [0.15, 0.2) is 45.9 Å². The zero-order valence-corrected chi connectivity index (χ0v) is 11.3. The van der Waals surface area contributed by atoms with Crippen molar-refractivity contribution in [3.05, 3.63) is 42.4 Å². The number of furan rings is 1. The predicted octanol–water partition coefficient (Wildman–Crippen LogP) is 1.19. The molecule has 106 valence electrons. The van der Waals surface area contributed by atoms with E-state index in [9.17, 15) is 13.2 Å². The molecular weight excluding hydrogens is 284 g/mol. The maximum Gasteiger partial charge on any atom is 0.291 e. The summed E-state index contributed by atoms with van der Waals surface area (Å²) >= 11 is 0.